The van der Waals surface area contributed by atoms with Gasteiger partial charge in [-0.15, -0.1) is 0 Å². The maximum absolute atomic E-state index is 5.40. The lowest BCUT2D eigenvalue weighted by atomic mass is 10.2. The molecule has 0 atom stereocenters. The van der Waals surface area contributed by atoms with Crippen LogP contribution in [0.4, 0.5) is 11.5 Å². The summed E-state index contributed by atoms with van der Waals surface area (Å²) in [7, 11) is 3.26. The Bertz CT molecular complexity index is 828. The standard InChI is InChI=1S/C15H17N5O2/c1-9-10(2)18-15-16-8-17-20(15)14(9)19-12-7-11(21-3)5-6-13(12)22-4/h5-8,19H,1-4H3. The van der Waals surface area contributed by atoms with Gasteiger partial charge in [-0.25, -0.2) is 4.98 Å². The van der Waals surface area contributed by atoms with Gasteiger partial charge in [-0.1, -0.05) is 0 Å². The molecule has 1 N–H and O–H groups in total. The van der Waals surface area contributed by atoms with Crippen LogP contribution in [0.3, 0.4) is 0 Å². The molecule has 0 amide bonds. The third-order valence-electron chi connectivity index (χ3n) is 3.57. The Hall–Kier alpha value is -2.83. The zero-order valence-corrected chi connectivity index (χ0v) is 12.9. The topological polar surface area (TPSA) is 73.6 Å². The van der Waals surface area contributed by atoms with E-state index in [2.05, 4.69) is 20.4 Å². The minimum atomic E-state index is 0.549. The number of aromatic nitrogens is 4. The lowest BCUT2D eigenvalue weighted by Gasteiger charge is -2.15. The molecule has 7 heteroatoms. The minimum Gasteiger partial charge on any atom is -0.497 e. The van der Waals surface area contributed by atoms with Gasteiger partial charge < -0.3 is 14.8 Å². The molecule has 2 heterocycles. The van der Waals surface area contributed by atoms with E-state index in [9.17, 15) is 0 Å². The van der Waals surface area contributed by atoms with Gasteiger partial charge in [0.1, 0.15) is 23.6 Å². The number of benzene rings is 1. The molecule has 0 aliphatic heterocycles. The van der Waals surface area contributed by atoms with Crippen molar-refractivity contribution < 1.29 is 9.47 Å². The van der Waals surface area contributed by atoms with Crippen molar-refractivity contribution >= 4 is 17.3 Å². The van der Waals surface area contributed by atoms with Crippen molar-refractivity contribution in [2.75, 3.05) is 19.5 Å². The Morgan fingerprint density at radius 2 is 1.95 bits per heavy atom. The van der Waals surface area contributed by atoms with Gasteiger partial charge >= 0.3 is 0 Å². The fraction of sp³-hybridized carbons (Fsp3) is 0.267. The minimum absolute atomic E-state index is 0.549. The average Bonchev–Trinajstić information content (AvgIpc) is 2.99. The van der Waals surface area contributed by atoms with Crippen molar-refractivity contribution in [2.24, 2.45) is 0 Å². The Morgan fingerprint density at radius 1 is 1.14 bits per heavy atom. The number of anilines is 2. The van der Waals surface area contributed by atoms with Gasteiger partial charge in [0.05, 0.1) is 19.9 Å². The Balaban J connectivity index is 2.14. The monoisotopic (exact) mass is 299 g/mol. The summed E-state index contributed by atoms with van der Waals surface area (Å²) in [6.45, 7) is 3.93. The molecular formula is C15H17N5O2. The van der Waals surface area contributed by atoms with Crippen LogP contribution in [-0.2, 0) is 0 Å². The van der Waals surface area contributed by atoms with Gasteiger partial charge in [-0.3, -0.25) is 0 Å². The van der Waals surface area contributed by atoms with Gasteiger partial charge in [0, 0.05) is 17.3 Å². The average molecular weight is 299 g/mol. The van der Waals surface area contributed by atoms with Crippen molar-refractivity contribution in [1.82, 2.24) is 19.6 Å². The van der Waals surface area contributed by atoms with E-state index in [0.29, 0.717) is 11.5 Å². The van der Waals surface area contributed by atoms with Crippen LogP contribution in [0.15, 0.2) is 24.5 Å². The first-order valence-corrected chi connectivity index (χ1v) is 6.80. The van der Waals surface area contributed by atoms with E-state index in [1.54, 1.807) is 18.7 Å². The number of nitrogens with zero attached hydrogens (tertiary/aromatic N) is 4. The van der Waals surface area contributed by atoms with Crippen LogP contribution in [0.2, 0.25) is 0 Å². The second kappa shape index (κ2) is 5.51. The first kappa shape index (κ1) is 14.1. The smallest absolute Gasteiger partial charge is 0.254 e. The van der Waals surface area contributed by atoms with Gasteiger partial charge in [0.25, 0.3) is 5.78 Å². The number of aryl methyl sites for hydroxylation is 1. The summed E-state index contributed by atoms with van der Waals surface area (Å²) in [6.07, 6.45) is 1.48. The Kier molecular flexibility index (Phi) is 3.54. The lowest BCUT2D eigenvalue weighted by molar-refractivity contribution is 0.405. The molecular weight excluding hydrogens is 282 g/mol. The first-order chi connectivity index (χ1) is 10.6. The van der Waals surface area contributed by atoms with E-state index in [-0.39, 0.29) is 0 Å². The number of hydrogen-bond donors (Lipinski definition) is 1. The highest BCUT2D eigenvalue weighted by Crippen LogP contribution is 2.32. The number of fused-ring (bicyclic) bond motifs is 1. The summed E-state index contributed by atoms with van der Waals surface area (Å²) < 4.78 is 12.3. The van der Waals surface area contributed by atoms with E-state index in [1.165, 1.54) is 6.33 Å². The maximum atomic E-state index is 5.40. The van der Waals surface area contributed by atoms with Crippen molar-refractivity contribution in [3.05, 3.63) is 35.8 Å². The van der Waals surface area contributed by atoms with E-state index < -0.39 is 0 Å². The zero-order chi connectivity index (χ0) is 15.7. The van der Waals surface area contributed by atoms with Crippen LogP contribution in [0.25, 0.3) is 5.78 Å². The van der Waals surface area contributed by atoms with Crippen LogP contribution in [0.5, 0.6) is 11.5 Å². The summed E-state index contributed by atoms with van der Waals surface area (Å²) in [5.74, 6) is 2.79. The molecule has 3 aromatic rings. The van der Waals surface area contributed by atoms with Gasteiger partial charge in [0.15, 0.2) is 0 Å². The maximum Gasteiger partial charge on any atom is 0.254 e. The molecule has 0 unspecified atom stereocenters. The van der Waals surface area contributed by atoms with Crippen molar-refractivity contribution in [2.45, 2.75) is 13.8 Å². The summed E-state index contributed by atoms with van der Waals surface area (Å²) >= 11 is 0. The molecule has 1 aromatic carbocycles. The van der Waals surface area contributed by atoms with Crippen LogP contribution < -0.4 is 14.8 Å². The largest absolute Gasteiger partial charge is 0.497 e. The molecule has 22 heavy (non-hydrogen) atoms. The molecule has 0 spiro atoms. The van der Waals surface area contributed by atoms with E-state index in [4.69, 9.17) is 9.47 Å². The summed E-state index contributed by atoms with van der Waals surface area (Å²) in [6, 6.07) is 5.57. The third-order valence-corrected chi connectivity index (χ3v) is 3.57. The molecule has 114 valence electrons. The fourth-order valence-corrected chi connectivity index (χ4v) is 2.22. The molecule has 0 saturated heterocycles. The summed E-state index contributed by atoms with van der Waals surface area (Å²) in [4.78, 5) is 8.55. The van der Waals surface area contributed by atoms with Crippen LogP contribution in [0.1, 0.15) is 11.3 Å². The molecule has 0 aliphatic carbocycles. The second-order valence-electron chi connectivity index (χ2n) is 4.83. The van der Waals surface area contributed by atoms with Gasteiger partial charge in [-0.2, -0.15) is 14.6 Å². The number of rotatable bonds is 4. The SMILES string of the molecule is COc1ccc(OC)c(Nc2c(C)c(C)nc3ncnn23)c1. The lowest BCUT2D eigenvalue weighted by Crippen LogP contribution is -2.07. The Labute approximate surface area is 127 Å². The Morgan fingerprint density at radius 3 is 2.68 bits per heavy atom. The first-order valence-electron chi connectivity index (χ1n) is 6.80. The summed E-state index contributed by atoms with van der Waals surface area (Å²) in [5, 5.41) is 7.58. The van der Waals surface area contributed by atoms with Crippen molar-refractivity contribution in [3.8, 4) is 11.5 Å². The van der Waals surface area contributed by atoms with Crippen molar-refractivity contribution in [1.29, 1.82) is 0 Å². The number of hydrogen-bond acceptors (Lipinski definition) is 6. The molecule has 7 nitrogen and oxygen atoms in total. The third kappa shape index (κ3) is 2.30. The molecule has 0 saturated carbocycles. The van der Waals surface area contributed by atoms with E-state index >= 15 is 0 Å². The highest BCUT2D eigenvalue weighted by molar-refractivity contribution is 5.69. The van der Waals surface area contributed by atoms with Crippen LogP contribution in [-0.4, -0.2) is 33.8 Å². The molecule has 0 fully saturated rings. The number of nitrogens with one attached hydrogen (secondary N) is 1. The number of methoxy groups -OCH3 is 2. The molecule has 0 radical (unpaired) electrons. The van der Waals surface area contributed by atoms with E-state index in [0.717, 1.165) is 28.5 Å². The summed E-state index contributed by atoms with van der Waals surface area (Å²) in [5.41, 5.74) is 2.67. The predicted molar refractivity (Wildman–Crippen MR) is 83.1 cm³/mol. The van der Waals surface area contributed by atoms with Crippen molar-refractivity contribution in [3.63, 3.8) is 0 Å². The van der Waals surface area contributed by atoms with Gasteiger partial charge in [-0.05, 0) is 26.0 Å². The van der Waals surface area contributed by atoms with Crippen LogP contribution >= 0.6 is 0 Å². The molecule has 3 rings (SSSR count). The predicted octanol–water partition coefficient (Wildman–Crippen LogP) is 2.50. The van der Waals surface area contributed by atoms with Gasteiger partial charge in [0.2, 0.25) is 0 Å². The highest BCUT2D eigenvalue weighted by Gasteiger charge is 2.13. The molecule has 2 aromatic heterocycles. The number of ether oxygens (including phenoxy) is 2. The fourth-order valence-electron chi connectivity index (χ4n) is 2.22. The highest BCUT2D eigenvalue weighted by atomic mass is 16.5. The molecule has 0 aliphatic rings. The molecule has 0 bridgehead atoms. The van der Waals surface area contributed by atoms with E-state index in [1.807, 2.05) is 32.0 Å². The van der Waals surface area contributed by atoms with Crippen LogP contribution in [0, 0.1) is 13.8 Å². The quantitative estimate of drug-likeness (QED) is 0.798. The normalized spacial score (nSPS) is 10.7. The second-order valence-corrected chi connectivity index (χ2v) is 4.83. The zero-order valence-electron chi connectivity index (χ0n) is 12.9.